The highest BCUT2D eigenvalue weighted by Gasteiger charge is 2.27. The molecule has 0 spiro atoms. The van der Waals surface area contributed by atoms with Crippen LogP contribution in [-0.2, 0) is 0 Å². The van der Waals surface area contributed by atoms with Crippen LogP contribution in [0.15, 0.2) is 30.6 Å². The van der Waals surface area contributed by atoms with Crippen LogP contribution >= 0.6 is 12.4 Å². The molecule has 0 bridgehead atoms. The second-order valence-electron chi connectivity index (χ2n) is 7.49. The molecule has 2 aromatic rings. The summed E-state index contributed by atoms with van der Waals surface area (Å²) in [6.07, 6.45) is 13.5. The van der Waals surface area contributed by atoms with Crippen molar-refractivity contribution in [1.82, 2.24) is 9.88 Å². The highest BCUT2D eigenvalue weighted by Crippen LogP contribution is 2.29. The number of aryl methyl sites for hydroxylation is 1. The van der Waals surface area contributed by atoms with Gasteiger partial charge >= 0.3 is 0 Å². The van der Waals surface area contributed by atoms with Gasteiger partial charge in [-0.15, -0.1) is 12.4 Å². The van der Waals surface area contributed by atoms with Gasteiger partial charge in [-0.05, 0) is 61.8 Å². The predicted octanol–water partition coefficient (Wildman–Crippen LogP) is 5.14. The normalized spacial score (nSPS) is 20.4. The number of pyridine rings is 1. The maximum Gasteiger partial charge on any atom is 0.123 e. The minimum Gasteiger partial charge on any atom is -0.490 e. The van der Waals surface area contributed by atoms with Crippen LogP contribution in [0, 0.1) is 6.92 Å². The zero-order chi connectivity index (χ0) is 16.4. The van der Waals surface area contributed by atoms with Crippen LogP contribution in [0.3, 0.4) is 0 Å². The summed E-state index contributed by atoms with van der Waals surface area (Å²) in [5.74, 6) is 1.05. The average molecular weight is 361 g/mol. The number of piperidine rings is 1. The Morgan fingerprint density at radius 3 is 2.52 bits per heavy atom. The maximum atomic E-state index is 6.38. The van der Waals surface area contributed by atoms with Gasteiger partial charge < -0.3 is 9.64 Å². The smallest absolute Gasteiger partial charge is 0.123 e. The number of ether oxygens (including phenoxy) is 1. The lowest BCUT2D eigenvalue weighted by Gasteiger charge is -2.39. The van der Waals surface area contributed by atoms with Gasteiger partial charge in [0.2, 0.25) is 0 Å². The van der Waals surface area contributed by atoms with Crippen molar-refractivity contribution in [3.8, 4) is 5.75 Å². The molecule has 2 heterocycles. The molecule has 0 N–H and O–H groups in total. The first-order valence-electron chi connectivity index (χ1n) is 9.55. The fourth-order valence-corrected chi connectivity index (χ4v) is 4.34. The van der Waals surface area contributed by atoms with E-state index in [2.05, 4.69) is 35.0 Å². The number of aromatic nitrogens is 1. The Morgan fingerprint density at radius 1 is 1.00 bits per heavy atom. The molecule has 2 fully saturated rings. The van der Waals surface area contributed by atoms with E-state index in [9.17, 15) is 0 Å². The zero-order valence-corrected chi connectivity index (χ0v) is 15.9. The van der Waals surface area contributed by atoms with Crippen molar-refractivity contribution in [2.75, 3.05) is 13.1 Å². The van der Waals surface area contributed by atoms with E-state index in [0.29, 0.717) is 6.10 Å². The van der Waals surface area contributed by atoms with Gasteiger partial charge in [-0.25, -0.2) is 0 Å². The van der Waals surface area contributed by atoms with E-state index in [-0.39, 0.29) is 12.4 Å². The molecule has 1 aromatic heterocycles. The molecule has 3 nitrogen and oxygen atoms in total. The summed E-state index contributed by atoms with van der Waals surface area (Å²) in [4.78, 5) is 6.93. The highest BCUT2D eigenvalue weighted by molar-refractivity contribution is 5.85. The van der Waals surface area contributed by atoms with Gasteiger partial charge in [-0.3, -0.25) is 4.98 Å². The highest BCUT2D eigenvalue weighted by atomic mass is 35.5. The van der Waals surface area contributed by atoms with E-state index in [0.717, 1.165) is 24.6 Å². The van der Waals surface area contributed by atoms with Crippen LogP contribution in [0.2, 0.25) is 0 Å². The molecule has 4 heteroatoms. The standard InChI is InChI=1S/C21H28N2O.ClH/c1-16-13-18-15-22-10-7-17(18)14-21(16)24-20-8-11-23(12-9-20)19-5-3-2-4-6-19;/h7,10,13-15,19-20H,2-6,8-9,11-12H2,1H3;1H. The Morgan fingerprint density at radius 2 is 1.76 bits per heavy atom. The van der Waals surface area contributed by atoms with Gasteiger partial charge in [0.05, 0.1) is 0 Å². The van der Waals surface area contributed by atoms with Crippen LogP contribution in [0.1, 0.15) is 50.5 Å². The quantitative estimate of drug-likeness (QED) is 0.757. The van der Waals surface area contributed by atoms with Crippen LogP contribution in [-0.4, -0.2) is 35.1 Å². The molecule has 25 heavy (non-hydrogen) atoms. The lowest BCUT2D eigenvalue weighted by molar-refractivity contribution is 0.0628. The molecule has 1 aliphatic carbocycles. The van der Waals surface area contributed by atoms with Gasteiger partial charge in [-0.1, -0.05) is 19.3 Å². The van der Waals surface area contributed by atoms with Crippen molar-refractivity contribution in [2.45, 2.75) is 64.0 Å². The molecule has 0 radical (unpaired) electrons. The van der Waals surface area contributed by atoms with Gasteiger partial charge in [0.25, 0.3) is 0 Å². The van der Waals surface area contributed by atoms with Crippen LogP contribution in [0.5, 0.6) is 5.75 Å². The number of benzene rings is 1. The molecule has 1 saturated carbocycles. The van der Waals surface area contributed by atoms with E-state index in [1.54, 1.807) is 0 Å². The Bertz CT molecular complexity index is 691. The molecule has 1 aliphatic heterocycles. The van der Waals surface area contributed by atoms with Crippen molar-refractivity contribution in [1.29, 1.82) is 0 Å². The second-order valence-corrected chi connectivity index (χ2v) is 7.49. The van der Waals surface area contributed by atoms with Gasteiger partial charge in [0, 0.05) is 36.9 Å². The first-order chi connectivity index (χ1) is 11.8. The van der Waals surface area contributed by atoms with Crippen LogP contribution in [0.25, 0.3) is 10.8 Å². The molecule has 0 unspecified atom stereocenters. The molecular weight excluding hydrogens is 332 g/mol. The van der Waals surface area contributed by atoms with Crippen molar-refractivity contribution >= 4 is 23.2 Å². The second kappa shape index (κ2) is 8.37. The number of likely N-dealkylation sites (tertiary alicyclic amines) is 1. The molecule has 136 valence electrons. The fourth-order valence-electron chi connectivity index (χ4n) is 4.34. The minimum atomic E-state index is 0. The molecule has 1 aromatic carbocycles. The summed E-state index contributed by atoms with van der Waals surface area (Å²) in [6, 6.07) is 7.27. The first-order valence-corrected chi connectivity index (χ1v) is 9.55. The lowest BCUT2D eigenvalue weighted by Crippen LogP contribution is -2.44. The minimum absolute atomic E-state index is 0. The largest absolute Gasteiger partial charge is 0.490 e. The maximum absolute atomic E-state index is 6.38. The summed E-state index contributed by atoms with van der Waals surface area (Å²) in [5.41, 5.74) is 1.21. The Balaban J connectivity index is 0.00000182. The molecular formula is C21H29ClN2O. The Labute approximate surface area is 157 Å². The van der Waals surface area contributed by atoms with E-state index < -0.39 is 0 Å². The number of hydrogen-bond acceptors (Lipinski definition) is 3. The lowest BCUT2D eigenvalue weighted by atomic mass is 9.92. The van der Waals surface area contributed by atoms with Crippen molar-refractivity contribution < 1.29 is 4.74 Å². The molecule has 0 atom stereocenters. The summed E-state index contributed by atoms with van der Waals surface area (Å²) < 4.78 is 6.38. The predicted molar refractivity (Wildman–Crippen MR) is 106 cm³/mol. The van der Waals surface area contributed by atoms with E-state index >= 15 is 0 Å². The number of hydrogen-bond donors (Lipinski definition) is 0. The number of halogens is 1. The number of rotatable bonds is 3. The summed E-state index contributed by atoms with van der Waals surface area (Å²) in [7, 11) is 0. The van der Waals surface area contributed by atoms with E-state index in [1.807, 2.05) is 12.4 Å². The van der Waals surface area contributed by atoms with E-state index in [1.165, 1.54) is 61.5 Å². The Kier molecular flexibility index (Phi) is 6.19. The third-order valence-corrected chi connectivity index (χ3v) is 5.80. The third-order valence-electron chi connectivity index (χ3n) is 5.80. The summed E-state index contributed by atoms with van der Waals surface area (Å²) >= 11 is 0. The first kappa shape index (κ1) is 18.5. The van der Waals surface area contributed by atoms with Crippen LogP contribution in [0.4, 0.5) is 0 Å². The monoisotopic (exact) mass is 360 g/mol. The fraction of sp³-hybridized carbons (Fsp3) is 0.571. The third kappa shape index (κ3) is 4.27. The average Bonchev–Trinajstić information content (AvgIpc) is 2.64. The molecule has 0 amide bonds. The van der Waals surface area contributed by atoms with Crippen molar-refractivity contribution in [2.24, 2.45) is 0 Å². The summed E-state index contributed by atoms with van der Waals surface area (Å²) in [6.45, 7) is 4.54. The summed E-state index contributed by atoms with van der Waals surface area (Å²) in [5, 5.41) is 2.40. The van der Waals surface area contributed by atoms with Crippen LogP contribution < -0.4 is 4.74 Å². The SMILES string of the molecule is Cc1cc2cnccc2cc1OC1CCN(C2CCCCC2)CC1.Cl. The van der Waals surface area contributed by atoms with Gasteiger partial charge in [-0.2, -0.15) is 0 Å². The van der Waals surface area contributed by atoms with E-state index in [4.69, 9.17) is 4.74 Å². The number of fused-ring (bicyclic) bond motifs is 1. The molecule has 1 saturated heterocycles. The topological polar surface area (TPSA) is 25.4 Å². The molecule has 2 aliphatic rings. The Hall–Kier alpha value is -1.32. The zero-order valence-electron chi connectivity index (χ0n) is 15.1. The number of nitrogens with zero attached hydrogens (tertiary/aromatic N) is 2. The molecule has 4 rings (SSSR count). The van der Waals surface area contributed by atoms with Gasteiger partial charge in [0.15, 0.2) is 0 Å². The van der Waals surface area contributed by atoms with Gasteiger partial charge in [0.1, 0.15) is 11.9 Å². The van der Waals surface area contributed by atoms with Crippen molar-refractivity contribution in [3.05, 3.63) is 36.2 Å². The van der Waals surface area contributed by atoms with Crippen molar-refractivity contribution in [3.63, 3.8) is 0 Å².